The van der Waals surface area contributed by atoms with Gasteiger partial charge in [-0.1, -0.05) is 13.8 Å². The van der Waals surface area contributed by atoms with Gasteiger partial charge in [0.2, 0.25) is 0 Å². The maximum absolute atomic E-state index is 3.31. The second-order valence-electron chi connectivity index (χ2n) is 6.19. The SMILES string of the molecule is CNC(C)CCCN1CCCC(C)(C)CC1. The molecule has 16 heavy (non-hydrogen) atoms. The molecule has 1 N–H and O–H groups in total. The Hall–Kier alpha value is -0.0800. The van der Waals surface area contributed by atoms with Gasteiger partial charge in [0.15, 0.2) is 0 Å². The van der Waals surface area contributed by atoms with E-state index < -0.39 is 0 Å². The number of rotatable bonds is 5. The first kappa shape index (κ1) is 14.0. The highest BCUT2D eigenvalue weighted by molar-refractivity contribution is 4.76. The average Bonchev–Trinajstić information content (AvgIpc) is 2.40. The number of hydrogen-bond acceptors (Lipinski definition) is 2. The molecule has 96 valence electrons. The van der Waals surface area contributed by atoms with Crippen LogP contribution in [-0.2, 0) is 0 Å². The van der Waals surface area contributed by atoms with Crippen LogP contribution in [0.15, 0.2) is 0 Å². The van der Waals surface area contributed by atoms with Gasteiger partial charge >= 0.3 is 0 Å². The van der Waals surface area contributed by atoms with E-state index in [1.165, 1.54) is 51.7 Å². The molecule has 0 spiro atoms. The van der Waals surface area contributed by atoms with Gasteiger partial charge in [0, 0.05) is 6.04 Å². The molecule has 1 heterocycles. The molecule has 0 bridgehead atoms. The molecular weight excluding hydrogens is 196 g/mol. The molecule has 0 aromatic heterocycles. The molecule has 2 heteroatoms. The van der Waals surface area contributed by atoms with Crippen LogP contribution in [0, 0.1) is 5.41 Å². The van der Waals surface area contributed by atoms with Crippen LogP contribution in [0.2, 0.25) is 0 Å². The minimum atomic E-state index is 0.576. The van der Waals surface area contributed by atoms with Crippen molar-refractivity contribution in [3.8, 4) is 0 Å². The van der Waals surface area contributed by atoms with Crippen LogP contribution in [0.3, 0.4) is 0 Å². The molecule has 1 fully saturated rings. The Morgan fingerprint density at radius 3 is 2.69 bits per heavy atom. The Bertz CT molecular complexity index is 189. The van der Waals surface area contributed by atoms with E-state index in [2.05, 4.69) is 38.0 Å². The fraction of sp³-hybridized carbons (Fsp3) is 1.00. The Morgan fingerprint density at radius 1 is 1.25 bits per heavy atom. The first-order valence-corrected chi connectivity index (χ1v) is 6.93. The first-order chi connectivity index (χ1) is 7.53. The summed E-state index contributed by atoms with van der Waals surface area (Å²) < 4.78 is 0. The van der Waals surface area contributed by atoms with E-state index >= 15 is 0 Å². The molecule has 2 nitrogen and oxygen atoms in total. The molecule has 0 amide bonds. The molecule has 0 saturated carbocycles. The molecule has 1 aliphatic rings. The largest absolute Gasteiger partial charge is 0.317 e. The predicted octanol–water partition coefficient (Wildman–Crippen LogP) is 2.89. The summed E-state index contributed by atoms with van der Waals surface area (Å²) in [7, 11) is 2.05. The maximum atomic E-state index is 3.31. The van der Waals surface area contributed by atoms with Gasteiger partial charge in [-0.25, -0.2) is 0 Å². The summed E-state index contributed by atoms with van der Waals surface area (Å²) in [5.41, 5.74) is 0.576. The lowest BCUT2D eigenvalue weighted by atomic mass is 9.85. The number of nitrogens with zero attached hydrogens (tertiary/aromatic N) is 1. The molecule has 1 saturated heterocycles. The van der Waals surface area contributed by atoms with Gasteiger partial charge in [0.05, 0.1) is 0 Å². The van der Waals surface area contributed by atoms with Crippen molar-refractivity contribution in [2.24, 2.45) is 5.41 Å². The molecule has 0 radical (unpaired) electrons. The molecule has 1 unspecified atom stereocenters. The van der Waals surface area contributed by atoms with E-state index in [9.17, 15) is 0 Å². The lowest BCUT2D eigenvalue weighted by Gasteiger charge is -2.23. The molecule has 0 aromatic rings. The van der Waals surface area contributed by atoms with Gasteiger partial charge in [-0.05, 0) is 71.1 Å². The van der Waals surface area contributed by atoms with E-state index in [1.807, 2.05) is 0 Å². The molecule has 0 aromatic carbocycles. The first-order valence-electron chi connectivity index (χ1n) is 6.93. The molecule has 1 rings (SSSR count). The van der Waals surface area contributed by atoms with E-state index in [-0.39, 0.29) is 0 Å². The third-order valence-electron chi connectivity index (χ3n) is 4.04. The normalized spacial score (nSPS) is 24.0. The summed E-state index contributed by atoms with van der Waals surface area (Å²) in [6.45, 7) is 11.0. The predicted molar refractivity (Wildman–Crippen MR) is 71.8 cm³/mol. The Balaban J connectivity index is 2.18. The lowest BCUT2D eigenvalue weighted by molar-refractivity contribution is 0.255. The third kappa shape index (κ3) is 5.31. The summed E-state index contributed by atoms with van der Waals surface area (Å²) in [6, 6.07) is 0.670. The zero-order valence-corrected chi connectivity index (χ0v) is 11.7. The van der Waals surface area contributed by atoms with E-state index in [1.54, 1.807) is 0 Å². The fourth-order valence-electron chi connectivity index (χ4n) is 2.47. The monoisotopic (exact) mass is 226 g/mol. The Kier molecular flexibility index (Phi) is 5.77. The fourth-order valence-corrected chi connectivity index (χ4v) is 2.47. The Labute approximate surface area is 102 Å². The van der Waals surface area contributed by atoms with Gasteiger partial charge in [0.1, 0.15) is 0 Å². The summed E-state index contributed by atoms with van der Waals surface area (Å²) in [6.07, 6.45) is 6.79. The van der Waals surface area contributed by atoms with Crippen molar-refractivity contribution in [2.45, 2.75) is 58.9 Å². The average molecular weight is 226 g/mol. The lowest BCUT2D eigenvalue weighted by Crippen LogP contribution is -2.28. The minimum absolute atomic E-state index is 0.576. The maximum Gasteiger partial charge on any atom is 0.00362 e. The van der Waals surface area contributed by atoms with Crippen molar-refractivity contribution in [3.63, 3.8) is 0 Å². The van der Waals surface area contributed by atoms with Gasteiger partial charge in [-0.3, -0.25) is 0 Å². The van der Waals surface area contributed by atoms with Crippen molar-refractivity contribution >= 4 is 0 Å². The van der Waals surface area contributed by atoms with E-state index in [0.717, 1.165) is 0 Å². The van der Waals surface area contributed by atoms with E-state index in [4.69, 9.17) is 0 Å². The summed E-state index contributed by atoms with van der Waals surface area (Å²) >= 11 is 0. The van der Waals surface area contributed by atoms with Crippen molar-refractivity contribution < 1.29 is 0 Å². The van der Waals surface area contributed by atoms with Gasteiger partial charge in [0.25, 0.3) is 0 Å². The van der Waals surface area contributed by atoms with Crippen molar-refractivity contribution in [3.05, 3.63) is 0 Å². The van der Waals surface area contributed by atoms with E-state index in [0.29, 0.717) is 11.5 Å². The molecule has 1 aliphatic heterocycles. The van der Waals surface area contributed by atoms with Gasteiger partial charge < -0.3 is 10.2 Å². The molecule has 0 aliphatic carbocycles. The van der Waals surface area contributed by atoms with Crippen molar-refractivity contribution in [1.29, 1.82) is 0 Å². The summed E-state index contributed by atoms with van der Waals surface area (Å²) in [5.74, 6) is 0. The van der Waals surface area contributed by atoms with Gasteiger partial charge in [-0.2, -0.15) is 0 Å². The van der Waals surface area contributed by atoms with Crippen LogP contribution < -0.4 is 5.32 Å². The van der Waals surface area contributed by atoms with Gasteiger partial charge in [-0.15, -0.1) is 0 Å². The van der Waals surface area contributed by atoms with Crippen LogP contribution in [0.25, 0.3) is 0 Å². The van der Waals surface area contributed by atoms with Crippen LogP contribution >= 0.6 is 0 Å². The number of hydrogen-bond donors (Lipinski definition) is 1. The van der Waals surface area contributed by atoms with Crippen molar-refractivity contribution in [1.82, 2.24) is 10.2 Å². The molecule has 1 atom stereocenters. The van der Waals surface area contributed by atoms with Crippen molar-refractivity contribution in [2.75, 3.05) is 26.7 Å². The highest BCUT2D eigenvalue weighted by atomic mass is 15.1. The third-order valence-corrected chi connectivity index (χ3v) is 4.04. The zero-order valence-electron chi connectivity index (χ0n) is 11.7. The second kappa shape index (κ2) is 6.61. The smallest absolute Gasteiger partial charge is 0.00362 e. The minimum Gasteiger partial charge on any atom is -0.317 e. The number of nitrogens with one attached hydrogen (secondary N) is 1. The quantitative estimate of drug-likeness (QED) is 0.775. The highest BCUT2D eigenvalue weighted by Crippen LogP contribution is 2.29. The summed E-state index contributed by atoms with van der Waals surface area (Å²) in [5, 5.41) is 3.31. The highest BCUT2D eigenvalue weighted by Gasteiger charge is 2.22. The number of likely N-dealkylation sites (tertiary alicyclic amines) is 1. The Morgan fingerprint density at radius 2 is 2.00 bits per heavy atom. The topological polar surface area (TPSA) is 15.3 Å². The van der Waals surface area contributed by atoms with Crippen LogP contribution in [0.4, 0.5) is 0 Å². The van der Waals surface area contributed by atoms with Crippen LogP contribution in [0.5, 0.6) is 0 Å². The van der Waals surface area contributed by atoms with Crippen LogP contribution in [0.1, 0.15) is 52.9 Å². The molecular formula is C14H30N2. The summed E-state index contributed by atoms with van der Waals surface area (Å²) in [4.78, 5) is 2.66. The zero-order chi connectivity index (χ0) is 12.0. The second-order valence-corrected chi connectivity index (χ2v) is 6.19. The van der Waals surface area contributed by atoms with Crippen LogP contribution in [-0.4, -0.2) is 37.6 Å². The standard InChI is InChI=1S/C14H30N2/c1-13(15-4)7-5-10-16-11-6-8-14(2,3)9-12-16/h13,15H,5-12H2,1-4H3.